The number of aryl methyl sites for hydroxylation is 1. The monoisotopic (exact) mass is 477 g/mol. The standard InChI is InChI=1S/C23H24ClN9O/c1-13-14(10-25)7-6-8-16(13)22-27-20(19(24)21(26)28-22)17-12-33(31-29-17)11-15-9-18(32(4)30-15)23(2,3)34-5/h6-9,12H,11H2,1-5H3,(H2,26,27,28). The fraction of sp³-hybridized carbons (Fsp3) is 0.304. The molecular formula is C23H24ClN9O. The summed E-state index contributed by atoms with van der Waals surface area (Å²) >= 11 is 6.44. The summed E-state index contributed by atoms with van der Waals surface area (Å²) in [5.41, 5.74) is 10.2. The van der Waals surface area contributed by atoms with Gasteiger partial charge in [-0.15, -0.1) is 5.10 Å². The molecule has 0 saturated carbocycles. The summed E-state index contributed by atoms with van der Waals surface area (Å²) in [4.78, 5) is 8.94. The van der Waals surface area contributed by atoms with Crippen molar-refractivity contribution in [3.8, 4) is 28.8 Å². The minimum atomic E-state index is -0.475. The van der Waals surface area contributed by atoms with Gasteiger partial charge in [-0.1, -0.05) is 28.9 Å². The zero-order valence-corrected chi connectivity index (χ0v) is 20.3. The first kappa shape index (κ1) is 23.4. The Balaban J connectivity index is 1.68. The molecule has 0 radical (unpaired) electrons. The summed E-state index contributed by atoms with van der Waals surface area (Å²) in [5, 5.41) is 22.6. The number of methoxy groups -OCH3 is 1. The van der Waals surface area contributed by atoms with Crippen molar-refractivity contribution in [3.63, 3.8) is 0 Å². The highest BCUT2D eigenvalue weighted by molar-refractivity contribution is 6.35. The largest absolute Gasteiger partial charge is 0.382 e. The van der Waals surface area contributed by atoms with Crippen molar-refractivity contribution in [2.24, 2.45) is 7.05 Å². The molecule has 0 atom stereocenters. The highest BCUT2D eigenvalue weighted by atomic mass is 35.5. The maximum absolute atomic E-state index is 9.35. The molecule has 10 nitrogen and oxygen atoms in total. The third-order valence-corrected chi connectivity index (χ3v) is 6.11. The van der Waals surface area contributed by atoms with Crippen LogP contribution in [0.2, 0.25) is 5.02 Å². The molecule has 174 valence electrons. The topological polar surface area (TPSA) is 133 Å². The maximum atomic E-state index is 9.35. The van der Waals surface area contributed by atoms with Crippen molar-refractivity contribution in [3.05, 3.63) is 58.0 Å². The Bertz CT molecular complexity index is 1410. The zero-order chi connectivity index (χ0) is 24.6. The van der Waals surface area contributed by atoms with Crippen LogP contribution in [0.4, 0.5) is 5.82 Å². The van der Waals surface area contributed by atoms with Crippen LogP contribution < -0.4 is 5.73 Å². The zero-order valence-electron chi connectivity index (χ0n) is 19.5. The molecule has 0 aliphatic rings. The lowest BCUT2D eigenvalue weighted by atomic mass is 10.0. The summed E-state index contributed by atoms with van der Waals surface area (Å²) in [7, 11) is 3.54. The summed E-state index contributed by atoms with van der Waals surface area (Å²) in [5.74, 6) is 0.478. The van der Waals surface area contributed by atoms with Crippen molar-refractivity contribution in [1.82, 2.24) is 34.7 Å². The number of anilines is 1. The van der Waals surface area contributed by atoms with E-state index in [2.05, 4.69) is 31.4 Å². The fourth-order valence-corrected chi connectivity index (χ4v) is 3.86. The van der Waals surface area contributed by atoms with Crippen molar-refractivity contribution in [2.45, 2.75) is 32.9 Å². The van der Waals surface area contributed by atoms with Crippen LogP contribution in [0.1, 0.15) is 36.4 Å². The van der Waals surface area contributed by atoms with Gasteiger partial charge in [0.2, 0.25) is 0 Å². The number of halogens is 1. The van der Waals surface area contributed by atoms with Crippen molar-refractivity contribution in [1.29, 1.82) is 5.26 Å². The van der Waals surface area contributed by atoms with Crippen LogP contribution in [0.25, 0.3) is 22.8 Å². The molecule has 34 heavy (non-hydrogen) atoms. The van der Waals surface area contributed by atoms with Crippen LogP contribution in [-0.4, -0.2) is 41.9 Å². The van der Waals surface area contributed by atoms with E-state index in [0.717, 1.165) is 17.0 Å². The van der Waals surface area contributed by atoms with E-state index >= 15 is 0 Å². The van der Waals surface area contributed by atoms with Gasteiger partial charge in [-0.05, 0) is 38.5 Å². The fourth-order valence-electron chi connectivity index (χ4n) is 3.68. The number of nitriles is 1. The van der Waals surface area contributed by atoms with E-state index in [1.807, 2.05) is 40.0 Å². The van der Waals surface area contributed by atoms with Gasteiger partial charge in [-0.25, -0.2) is 14.6 Å². The third-order valence-electron chi connectivity index (χ3n) is 5.73. The Morgan fingerprint density at radius 1 is 1.26 bits per heavy atom. The first-order valence-corrected chi connectivity index (χ1v) is 10.8. The van der Waals surface area contributed by atoms with Crippen molar-refractivity contribution in [2.75, 3.05) is 12.8 Å². The van der Waals surface area contributed by atoms with E-state index in [0.29, 0.717) is 34.9 Å². The Morgan fingerprint density at radius 2 is 2.03 bits per heavy atom. The number of hydrogen-bond donors (Lipinski definition) is 1. The molecule has 2 N–H and O–H groups in total. The molecule has 0 unspecified atom stereocenters. The molecule has 4 rings (SSSR count). The summed E-state index contributed by atoms with van der Waals surface area (Å²) < 4.78 is 9.02. The smallest absolute Gasteiger partial charge is 0.162 e. The maximum Gasteiger partial charge on any atom is 0.162 e. The van der Waals surface area contributed by atoms with Gasteiger partial charge in [0.1, 0.15) is 27.8 Å². The Hall–Kier alpha value is -3.81. The molecule has 0 amide bonds. The summed E-state index contributed by atoms with van der Waals surface area (Å²) in [6.45, 7) is 6.20. The minimum absolute atomic E-state index is 0.120. The number of ether oxygens (including phenoxy) is 1. The minimum Gasteiger partial charge on any atom is -0.382 e. The van der Waals surface area contributed by atoms with Gasteiger partial charge in [0.05, 0.1) is 35.8 Å². The molecule has 3 aromatic heterocycles. The number of benzene rings is 1. The van der Waals surface area contributed by atoms with Gasteiger partial charge in [0.25, 0.3) is 0 Å². The highest BCUT2D eigenvalue weighted by Gasteiger charge is 2.25. The van der Waals surface area contributed by atoms with Crippen molar-refractivity contribution < 1.29 is 4.74 Å². The number of rotatable bonds is 6. The molecular weight excluding hydrogens is 454 g/mol. The van der Waals surface area contributed by atoms with E-state index in [4.69, 9.17) is 22.1 Å². The number of nitrogens with zero attached hydrogens (tertiary/aromatic N) is 8. The predicted molar refractivity (Wildman–Crippen MR) is 128 cm³/mol. The summed E-state index contributed by atoms with van der Waals surface area (Å²) in [6.07, 6.45) is 1.73. The van der Waals surface area contributed by atoms with Gasteiger partial charge < -0.3 is 10.5 Å². The molecule has 1 aromatic carbocycles. The van der Waals surface area contributed by atoms with Gasteiger partial charge in [-0.3, -0.25) is 4.68 Å². The second-order valence-electron chi connectivity index (χ2n) is 8.35. The van der Waals surface area contributed by atoms with Crippen LogP contribution in [0, 0.1) is 18.3 Å². The van der Waals surface area contributed by atoms with Gasteiger partial charge in [-0.2, -0.15) is 10.4 Å². The molecule has 0 bridgehead atoms. The average molecular weight is 478 g/mol. The average Bonchev–Trinajstić information content (AvgIpc) is 3.42. The molecule has 4 aromatic rings. The number of nitrogen functional groups attached to an aromatic ring is 1. The molecule has 0 aliphatic carbocycles. The lowest BCUT2D eigenvalue weighted by Crippen LogP contribution is -2.22. The number of hydrogen-bond acceptors (Lipinski definition) is 8. The highest BCUT2D eigenvalue weighted by Crippen LogP contribution is 2.32. The van der Waals surface area contributed by atoms with E-state index in [9.17, 15) is 5.26 Å². The van der Waals surface area contributed by atoms with E-state index in [1.54, 1.807) is 34.8 Å². The summed E-state index contributed by atoms with van der Waals surface area (Å²) in [6, 6.07) is 9.49. The Kier molecular flexibility index (Phi) is 6.08. The van der Waals surface area contributed by atoms with Crippen molar-refractivity contribution >= 4 is 17.4 Å². The number of nitrogens with two attached hydrogens (primary N) is 1. The quantitative estimate of drug-likeness (QED) is 0.446. The molecule has 3 heterocycles. The van der Waals surface area contributed by atoms with Crippen LogP contribution in [0.15, 0.2) is 30.5 Å². The molecule has 0 saturated heterocycles. The molecule has 11 heteroatoms. The van der Waals surface area contributed by atoms with Crippen LogP contribution in [0.5, 0.6) is 0 Å². The lowest BCUT2D eigenvalue weighted by Gasteiger charge is -2.22. The van der Waals surface area contributed by atoms with Gasteiger partial charge in [0, 0.05) is 19.7 Å². The SMILES string of the molecule is COC(C)(C)c1cc(Cn2cc(-c3nc(-c4cccc(C#N)c4C)nc(N)c3Cl)nn2)nn1C. The molecule has 0 spiro atoms. The first-order valence-electron chi connectivity index (χ1n) is 10.5. The second kappa shape index (κ2) is 8.85. The first-order chi connectivity index (χ1) is 16.1. The normalized spacial score (nSPS) is 11.6. The van der Waals surface area contributed by atoms with E-state index in [1.165, 1.54) is 0 Å². The second-order valence-corrected chi connectivity index (χ2v) is 8.72. The Morgan fingerprint density at radius 3 is 2.74 bits per heavy atom. The third kappa shape index (κ3) is 4.23. The molecule has 0 aliphatic heterocycles. The van der Waals surface area contributed by atoms with Crippen LogP contribution in [-0.2, 0) is 23.9 Å². The number of aromatic nitrogens is 7. The van der Waals surface area contributed by atoms with Crippen LogP contribution >= 0.6 is 11.6 Å². The predicted octanol–water partition coefficient (Wildman–Crippen LogP) is 3.48. The lowest BCUT2D eigenvalue weighted by molar-refractivity contribution is 0.0123. The molecule has 0 fully saturated rings. The van der Waals surface area contributed by atoms with E-state index < -0.39 is 5.60 Å². The Labute approximate surface area is 202 Å². The van der Waals surface area contributed by atoms with E-state index in [-0.39, 0.29) is 10.8 Å². The van der Waals surface area contributed by atoms with Crippen LogP contribution in [0.3, 0.4) is 0 Å². The van der Waals surface area contributed by atoms with Gasteiger partial charge >= 0.3 is 0 Å². The van der Waals surface area contributed by atoms with Gasteiger partial charge in [0.15, 0.2) is 5.82 Å².